The Morgan fingerprint density at radius 1 is 1.07 bits per heavy atom. The summed E-state index contributed by atoms with van der Waals surface area (Å²) in [6.45, 7) is 7.37. The van der Waals surface area contributed by atoms with E-state index in [1.165, 1.54) is 24.0 Å². The Labute approximate surface area is 251 Å². The molecule has 1 aromatic rings. The minimum absolute atomic E-state index is 0.0546. The van der Waals surface area contributed by atoms with Gasteiger partial charge in [0.15, 0.2) is 0 Å². The third-order valence-corrected chi connectivity index (χ3v) is 8.91. The van der Waals surface area contributed by atoms with Crippen molar-refractivity contribution in [3.8, 4) is 5.75 Å². The standard InChI is InChI=1S/C25H38N2O3.2C2HF3O2/c1-16(2)14-26-21-12-25(29)23-10-18-6-7-19(30-3)11-20(18)24(25,13-22(21)28)8-9-27(23)15-17-4-5-17;2*3-2(4,5)1(6)7/h6-7,11,16-17,21-23,26,28-29H,4-5,8-10,12-15H2,1-3H3;2*(H,6,7)/t21-,22+,23-,24-,25-;;/m1../s1. The molecule has 4 aliphatic rings. The molecule has 3 aliphatic carbocycles. The number of rotatable bonds is 6. The van der Waals surface area contributed by atoms with E-state index >= 15 is 0 Å². The lowest BCUT2D eigenvalue weighted by Crippen LogP contribution is -2.76. The van der Waals surface area contributed by atoms with Crippen LogP contribution in [0.3, 0.4) is 0 Å². The fourth-order valence-electron chi connectivity index (χ4n) is 6.64. The number of likely N-dealkylation sites (tertiary alicyclic amines) is 1. The first-order valence-corrected chi connectivity index (χ1v) is 14.4. The summed E-state index contributed by atoms with van der Waals surface area (Å²) in [7, 11) is 1.71. The van der Waals surface area contributed by atoms with Gasteiger partial charge in [-0.15, -0.1) is 0 Å². The number of aliphatic carboxylic acids is 2. The summed E-state index contributed by atoms with van der Waals surface area (Å²) in [6, 6.07) is 6.46. The first-order valence-electron chi connectivity index (χ1n) is 14.4. The number of carboxylic acid groups (broad SMARTS) is 2. The molecule has 5 N–H and O–H groups in total. The van der Waals surface area contributed by atoms with Gasteiger partial charge < -0.3 is 30.5 Å². The molecule has 5 rings (SSSR count). The number of carboxylic acids is 2. The van der Waals surface area contributed by atoms with E-state index in [1.807, 2.05) is 6.07 Å². The van der Waals surface area contributed by atoms with Gasteiger partial charge in [-0.3, -0.25) is 4.90 Å². The minimum atomic E-state index is -5.08. The average Bonchev–Trinajstić information content (AvgIpc) is 3.73. The number of ether oxygens (including phenoxy) is 1. The predicted octanol–water partition coefficient (Wildman–Crippen LogP) is 3.74. The molecule has 0 radical (unpaired) electrons. The molecule has 1 aliphatic heterocycles. The highest BCUT2D eigenvalue weighted by atomic mass is 19.4. The molecule has 44 heavy (non-hydrogen) atoms. The van der Waals surface area contributed by atoms with E-state index in [0.717, 1.165) is 44.1 Å². The Hall–Kier alpha value is -2.62. The first kappa shape index (κ1) is 35.9. The molecule has 3 fully saturated rings. The Kier molecular flexibility index (Phi) is 10.9. The van der Waals surface area contributed by atoms with Crippen LogP contribution in [-0.4, -0.2) is 100 Å². The molecule has 0 amide bonds. The van der Waals surface area contributed by atoms with Gasteiger partial charge in [0.05, 0.1) is 18.8 Å². The Morgan fingerprint density at radius 3 is 2.11 bits per heavy atom. The van der Waals surface area contributed by atoms with Crippen molar-refractivity contribution in [2.45, 2.75) is 93.9 Å². The Balaban J connectivity index is 0.000000317. The van der Waals surface area contributed by atoms with Crippen LogP contribution in [-0.2, 0) is 21.4 Å². The van der Waals surface area contributed by atoms with Crippen molar-refractivity contribution in [2.24, 2.45) is 11.8 Å². The maximum Gasteiger partial charge on any atom is 0.490 e. The molecule has 15 heteroatoms. The normalized spacial score (nSPS) is 29.7. The summed E-state index contributed by atoms with van der Waals surface area (Å²) in [5.74, 6) is -3.34. The monoisotopic (exact) mass is 642 g/mol. The van der Waals surface area contributed by atoms with Crippen LogP contribution in [0, 0.1) is 11.8 Å². The summed E-state index contributed by atoms with van der Waals surface area (Å²) in [6.07, 6.45) is -4.93. The van der Waals surface area contributed by atoms with Crippen LogP contribution in [0.4, 0.5) is 26.3 Å². The summed E-state index contributed by atoms with van der Waals surface area (Å²) in [5.41, 5.74) is 1.32. The molecule has 250 valence electrons. The first-order chi connectivity index (χ1) is 20.2. The number of methoxy groups -OCH3 is 1. The molecule has 0 unspecified atom stereocenters. The van der Waals surface area contributed by atoms with Gasteiger partial charge in [-0.25, -0.2) is 9.59 Å². The number of piperidine rings is 1. The third-order valence-electron chi connectivity index (χ3n) is 8.91. The highest BCUT2D eigenvalue weighted by Crippen LogP contribution is 2.59. The number of halogens is 6. The largest absolute Gasteiger partial charge is 0.497 e. The zero-order valence-corrected chi connectivity index (χ0v) is 24.7. The van der Waals surface area contributed by atoms with Crippen molar-refractivity contribution < 1.29 is 61.1 Å². The smallest absolute Gasteiger partial charge is 0.490 e. The van der Waals surface area contributed by atoms with E-state index in [2.05, 4.69) is 36.2 Å². The molecule has 2 bridgehead atoms. The number of alkyl halides is 6. The summed E-state index contributed by atoms with van der Waals surface area (Å²) >= 11 is 0. The van der Waals surface area contributed by atoms with Crippen molar-refractivity contribution >= 4 is 11.9 Å². The SMILES string of the molecule is COc1ccc2c(c1)[C@]13CCN(CC4CC4)[C@H](C2)[C@]1(O)C[C@@H](NCC(C)C)[C@@H](O)C3.O=C(O)C(F)(F)F.O=C(O)C(F)(F)F. The molecule has 9 nitrogen and oxygen atoms in total. The van der Waals surface area contributed by atoms with Gasteiger partial charge in [-0.05, 0) is 86.7 Å². The van der Waals surface area contributed by atoms with Gasteiger partial charge in [0.1, 0.15) is 5.75 Å². The van der Waals surface area contributed by atoms with E-state index in [9.17, 15) is 36.6 Å². The molecule has 1 saturated heterocycles. The maximum absolute atomic E-state index is 12.5. The Morgan fingerprint density at radius 2 is 1.64 bits per heavy atom. The van der Waals surface area contributed by atoms with Gasteiger partial charge in [-0.2, -0.15) is 26.3 Å². The average molecular weight is 643 g/mol. The predicted molar refractivity (Wildman–Crippen MR) is 145 cm³/mol. The molecular weight excluding hydrogens is 602 g/mol. The summed E-state index contributed by atoms with van der Waals surface area (Å²) < 4.78 is 69.0. The van der Waals surface area contributed by atoms with Crippen molar-refractivity contribution in [2.75, 3.05) is 26.7 Å². The van der Waals surface area contributed by atoms with Crippen LogP contribution in [0.5, 0.6) is 5.75 Å². The van der Waals surface area contributed by atoms with E-state index in [0.29, 0.717) is 18.8 Å². The van der Waals surface area contributed by atoms with Gasteiger partial charge >= 0.3 is 24.3 Å². The second kappa shape index (κ2) is 13.4. The second-order valence-electron chi connectivity index (χ2n) is 12.4. The number of hydrogen-bond donors (Lipinski definition) is 5. The van der Waals surface area contributed by atoms with Gasteiger partial charge in [0.25, 0.3) is 0 Å². The number of nitrogens with zero attached hydrogens (tertiary/aromatic N) is 1. The highest BCUT2D eigenvalue weighted by Gasteiger charge is 2.66. The number of benzene rings is 1. The van der Waals surface area contributed by atoms with E-state index in [1.54, 1.807) is 7.11 Å². The number of nitrogens with one attached hydrogen (secondary N) is 1. The fraction of sp³-hybridized carbons (Fsp3) is 0.724. The molecule has 1 aromatic carbocycles. The van der Waals surface area contributed by atoms with Crippen molar-refractivity contribution in [1.29, 1.82) is 0 Å². The summed E-state index contributed by atoms with van der Waals surface area (Å²) in [5, 5.41) is 41.5. The number of fused-ring (bicyclic) bond motifs is 1. The Bertz CT molecular complexity index is 1150. The lowest BCUT2D eigenvalue weighted by Gasteiger charge is -2.65. The number of aliphatic hydroxyl groups excluding tert-OH is 1. The molecule has 2 saturated carbocycles. The molecule has 1 heterocycles. The molecule has 5 atom stereocenters. The van der Waals surface area contributed by atoms with E-state index in [4.69, 9.17) is 24.5 Å². The topological polar surface area (TPSA) is 140 Å². The van der Waals surface area contributed by atoms with Crippen LogP contribution in [0.2, 0.25) is 0 Å². The lowest BCUT2D eigenvalue weighted by molar-refractivity contribution is -0.193. The van der Waals surface area contributed by atoms with Crippen molar-refractivity contribution in [3.63, 3.8) is 0 Å². The zero-order chi connectivity index (χ0) is 33.3. The van der Waals surface area contributed by atoms with Crippen molar-refractivity contribution in [1.82, 2.24) is 10.2 Å². The van der Waals surface area contributed by atoms with Crippen LogP contribution in [0.15, 0.2) is 18.2 Å². The van der Waals surface area contributed by atoms with Gasteiger partial charge in [-0.1, -0.05) is 19.9 Å². The maximum atomic E-state index is 12.5. The lowest BCUT2D eigenvalue weighted by atomic mass is 9.48. The minimum Gasteiger partial charge on any atom is -0.497 e. The summed E-state index contributed by atoms with van der Waals surface area (Å²) in [4.78, 5) is 20.4. The highest BCUT2D eigenvalue weighted by molar-refractivity contribution is 5.73. The number of hydrogen-bond acceptors (Lipinski definition) is 7. The van der Waals surface area contributed by atoms with Crippen LogP contribution in [0.25, 0.3) is 0 Å². The number of carbonyl (C=O) groups is 2. The molecule has 0 spiro atoms. The zero-order valence-electron chi connectivity index (χ0n) is 24.7. The number of aliphatic hydroxyl groups is 2. The quantitative estimate of drug-likeness (QED) is 0.294. The van der Waals surface area contributed by atoms with Crippen LogP contribution in [0.1, 0.15) is 57.1 Å². The van der Waals surface area contributed by atoms with Gasteiger partial charge in [0, 0.05) is 24.0 Å². The van der Waals surface area contributed by atoms with Crippen LogP contribution < -0.4 is 10.1 Å². The van der Waals surface area contributed by atoms with Crippen molar-refractivity contribution in [3.05, 3.63) is 29.3 Å². The third kappa shape index (κ3) is 7.96. The van der Waals surface area contributed by atoms with E-state index < -0.39 is 41.4 Å². The van der Waals surface area contributed by atoms with E-state index in [-0.39, 0.29) is 12.1 Å². The molecular formula is C29H40F6N2O7. The van der Waals surface area contributed by atoms with Crippen LogP contribution >= 0.6 is 0 Å². The molecule has 0 aromatic heterocycles. The fourth-order valence-corrected chi connectivity index (χ4v) is 6.64. The van der Waals surface area contributed by atoms with Gasteiger partial charge in [0.2, 0.25) is 0 Å². The second-order valence-corrected chi connectivity index (χ2v) is 12.4.